The Bertz CT molecular complexity index is 734. The molecule has 1 aliphatic carbocycles. The van der Waals surface area contributed by atoms with Gasteiger partial charge in [-0.15, -0.1) is 0 Å². The second-order valence-corrected chi connectivity index (χ2v) is 7.74. The summed E-state index contributed by atoms with van der Waals surface area (Å²) in [6.45, 7) is 5.04. The molecule has 2 aliphatic rings. The molecule has 0 atom stereocenters. The van der Waals surface area contributed by atoms with Gasteiger partial charge in [0.1, 0.15) is 5.54 Å². The van der Waals surface area contributed by atoms with Gasteiger partial charge >= 0.3 is 0 Å². The molecule has 0 bridgehead atoms. The zero-order chi connectivity index (χ0) is 19.3. The molecule has 1 aromatic carbocycles. The second kappa shape index (κ2) is 8.53. The monoisotopic (exact) mass is 368 g/mol. The number of nitrogens with zero attached hydrogens (tertiary/aromatic N) is 3. The number of benzene rings is 1. The summed E-state index contributed by atoms with van der Waals surface area (Å²) in [4.78, 5) is 29.1. The number of carbonyl (C=O) groups is 2. The van der Waals surface area contributed by atoms with Crippen LogP contribution in [0.5, 0.6) is 0 Å². The molecule has 1 aliphatic heterocycles. The molecular formula is C21H28N4O2. The maximum Gasteiger partial charge on any atom is 0.253 e. The van der Waals surface area contributed by atoms with Crippen LogP contribution in [0.1, 0.15) is 48.0 Å². The molecule has 1 N–H and O–H groups in total. The summed E-state index contributed by atoms with van der Waals surface area (Å²) in [7, 11) is 0. The van der Waals surface area contributed by atoms with Crippen LogP contribution in [-0.4, -0.2) is 59.9 Å². The van der Waals surface area contributed by atoms with E-state index in [2.05, 4.69) is 16.3 Å². The Kier molecular flexibility index (Phi) is 6.12. The van der Waals surface area contributed by atoms with Crippen molar-refractivity contribution in [2.75, 3.05) is 32.7 Å². The summed E-state index contributed by atoms with van der Waals surface area (Å²) >= 11 is 0. The minimum atomic E-state index is -0.671. The van der Waals surface area contributed by atoms with E-state index < -0.39 is 5.54 Å². The quantitative estimate of drug-likeness (QED) is 0.883. The van der Waals surface area contributed by atoms with Crippen LogP contribution in [0.2, 0.25) is 0 Å². The largest absolute Gasteiger partial charge is 0.337 e. The zero-order valence-electron chi connectivity index (χ0n) is 16.0. The van der Waals surface area contributed by atoms with Gasteiger partial charge in [-0.2, -0.15) is 5.26 Å². The molecule has 1 aromatic rings. The maximum atomic E-state index is 12.7. The van der Waals surface area contributed by atoms with Crippen LogP contribution < -0.4 is 5.32 Å². The number of rotatable bonds is 4. The lowest BCUT2D eigenvalue weighted by molar-refractivity contribution is -0.123. The van der Waals surface area contributed by atoms with E-state index in [-0.39, 0.29) is 18.4 Å². The summed E-state index contributed by atoms with van der Waals surface area (Å²) in [5, 5.41) is 12.4. The Morgan fingerprint density at radius 3 is 2.63 bits per heavy atom. The average Bonchev–Trinajstić information content (AvgIpc) is 3.00. The Morgan fingerprint density at radius 1 is 1.15 bits per heavy atom. The number of aryl methyl sites for hydroxylation is 1. The average molecular weight is 368 g/mol. The van der Waals surface area contributed by atoms with Crippen molar-refractivity contribution in [2.24, 2.45) is 0 Å². The van der Waals surface area contributed by atoms with Gasteiger partial charge in [0.15, 0.2) is 0 Å². The molecule has 0 unspecified atom stereocenters. The van der Waals surface area contributed by atoms with Crippen LogP contribution in [-0.2, 0) is 4.79 Å². The molecule has 6 nitrogen and oxygen atoms in total. The summed E-state index contributed by atoms with van der Waals surface area (Å²) in [6, 6.07) is 9.96. The highest BCUT2D eigenvalue weighted by Gasteiger charge is 2.35. The van der Waals surface area contributed by atoms with Crippen LogP contribution in [0.15, 0.2) is 24.3 Å². The Hall–Kier alpha value is -2.39. The predicted molar refractivity (Wildman–Crippen MR) is 103 cm³/mol. The topological polar surface area (TPSA) is 76.4 Å². The third kappa shape index (κ3) is 4.86. The first-order valence-corrected chi connectivity index (χ1v) is 9.82. The highest BCUT2D eigenvalue weighted by atomic mass is 16.2. The van der Waals surface area contributed by atoms with Crippen molar-refractivity contribution in [1.82, 2.24) is 15.1 Å². The van der Waals surface area contributed by atoms with E-state index in [1.165, 1.54) is 0 Å². The number of carbonyl (C=O) groups excluding carboxylic acids is 2. The van der Waals surface area contributed by atoms with Crippen LogP contribution >= 0.6 is 0 Å². The van der Waals surface area contributed by atoms with Gasteiger partial charge in [-0.05, 0) is 51.2 Å². The first-order chi connectivity index (χ1) is 13.0. The lowest BCUT2D eigenvalue weighted by Crippen LogP contribution is -2.49. The third-order valence-electron chi connectivity index (χ3n) is 5.56. The van der Waals surface area contributed by atoms with Crippen molar-refractivity contribution in [2.45, 2.75) is 44.6 Å². The highest BCUT2D eigenvalue weighted by Crippen LogP contribution is 2.28. The molecule has 1 saturated carbocycles. The minimum absolute atomic E-state index is 0.0550. The van der Waals surface area contributed by atoms with Crippen molar-refractivity contribution in [3.63, 3.8) is 0 Å². The van der Waals surface area contributed by atoms with Gasteiger partial charge in [0.25, 0.3) is 5.91 Å². The summed E-state index contributed by atoms with van der Waals surface area (Å²) in [5.74, 6) is -0.0312. The molecule has 0 aromatic heterocycles. The van der Waals surface area contributed by atoms with Gasteiger partial charge in [-0.1, -0.05) is 17.7 Å². The summed E-state index contributed by atoms with van der Waals surface area (Å²) in [5.41, 5.74) is 1.13. The van der Waals surface area contributed by atoms with E-state index in [0.29, 0.717) is 19.6 Å². The lowest BCUT2D eigenvalue weighted by Gasteiger charge is -2.25. The normalized spacial score (nSPS) is 19.9. The molecule has 3 rings (SSSR count). The second-order valence-electron chi connectivity index (χ2n) is 7.74. The fourth-order valence-electron chi connectivity index (χ4n) is 4.05. The maximum absolute atomic E-state index is 12.7. The van der Waals surface area contributed by atoms with Crippen LogP contribution in [0, 0.1) is 18.3 Å². The number of nitrogens with one attached hydrogen (secondary N) is 1. The molecule has 144 valence electrons. The van der Waals surface area contributed by atoms with Gasteiger partial charge < -0.3 is 10.2 Å². The number of amides is 2. The molecule has 27 heavy (non-hydrogen) atoms. The Balaban J connectivity index is 1.53. The first-order valence-electron chi connectivity index (χ1n) is 9.82. The van der Waals surface area contributed by atoms with Gasteiger partial charge in [-0.25, -0.2) is 0 Å². The molecular weight excluding hydrogens is 340 g/mol. The molecule has 0 radical (unpaired) electrons. The molecule has 0 spiro atoms. The standard InChI is InChI=1S/C21H28N4O2/c1-17-6-4-7-18(14-17)20(27)25-11-5-10-24(12-13-25)15-19(26)23-21(16-22)8-2-3-9-21/h4,6-7,14H,2-3,5,8-13,15H2,1H3,(H,23,26). The van der Waals surface area contributed by atoms with Gasteiger partial charge in [0, 0.05) is 31.7 Å². The number of hydrogen-bond donors (Lipinski definition) is 1. The van der Waals surface area contributed by atoms with Crippen LogP contribution in [0.4, 0.5) is 0 Å². The van der Waals surface area contributed by atoms with Crippen LogP contribution in [0.25, 0.3) is 0 Å². The van der Waals surface area contributed by atoms with Crippen LogP contribution in [0.3, 0.4) is 0 Å². The third-order valence-corrected chi connectivity index (χ3v) is 5.56. The van der Waals surface area contributed by atoms with Gasteiger partial charge in [0.2, 0.25) is 5.91 Å². The zero-order valence-corrected chi connectivity index (χ0v) is 16.0. The molecule has 6 heteroatoms. The van der Waals surface area contributed by atoms with Crippen molar-refractivity contribution < 1.29 is 9.59 Å². The number of nitriles is 1. The SMILES string of the molecule is Cc1cccc(C(=O)N2CCCN(CC(=O)NC3(C#N)CCCC3)CC2)c1. The lowest BCUT2D eigenvalue weighted by atomic mass is 10.00. The van der Waals surface area contributed by atoms with Crippen molar-refractivity contribution in [3.05, 3.63) is 35.4 Å². The number of hydrogen-bond acceptors (Lipinski definition) is 4. The Morgan fingerprint density at radius 2 is 1.93 bits per heavy atom. The highest BCUT2D eigenvalue weighted by molar-refractivity contribution is 5.94. The van der Waals surface area contributed by atoms with Gasteiger partial charge in [0.05, 0.1) is 12.6 Å². The van der Waals surface area contributed by atoms with E-state index in [1.54, 1.807) is 0 Å². The molecule has 1 saturated heterocycles. The Labute approximate surface area is 161 Å². The fraction of sp³-hybridized carbons (Fsp3) is 0.571. The van der Waals surface area contributed by atoms with E-state index in [4.69, 9.17) is 0 Å². The van der Waals surface area contributed by atoms with E-state index in [9.17, 15) is 14.9 Å². The van der Waals surface area contributed by atoms with E-state index in [0.717, 1.165) is 49.8 Å². The van der Waals surface area contributed by atoms with Crippen molar-refractivity contribution >= 4 is 11.8 Å². The molecule has 1 heterocycles. The van der Waals surface area contributed by atoms with E-state index in [1.807, 2.05) is 36.1 Å². The summed E-state index contributed by atoms with van der Waals surface area (Å²) in [6.07, 6.45) is 4.32. The fourth-order valence-corrected chi connectivity index (χ4v) is 4.05. The minimum Gasteiger partial charge on any atom is -0.337 e. The first kappa shape index (κ1) is 19.4. The summed E-state index contributed by atoms with van der Waals surface area (Å²) < 4.78 is 0. The van der Waals surface area contributed by atoms with Gasteiger partial charge in [-0.3, -0.25) is 14.5 Å². The van der Waals surface area contributed by atoms with Crippen molar-refractivity contribution in [1.29, 1.82) is 5.26 Å². The van der Waals surface area contributed by atoms with Crippen molar-refractivity contribution in [3.8, 4) is 6.07 Å². The molecule has 2 fully saturated rings. The molecule has 2 amide bonds. The smallest absolute Gasteiger partial charge is 0.253 e. The van der Waals surface area contributed by atoms with E-state index >= 15 is 0 Å². The predicted octanol–water partition coefficient (Wildman–Crippen LogP) is 2.10.